The Kier molecular flexibility index (Phi) is 2.34. The topological polar surface area (TPSA) is 24.5 Å². The average Bonchev–Trinajstić information content (AvgIpc) is 2.07. The molecular weight excluding hydrogens is 164 g/mol. The summed E-state index contributed by atoms with van der Waals surface area (Å²) >= 11 is 0. The van der Waals surface area contributed by atoms with E-state index in [2.05, 4.69) is 31.1 Å². The Morgan fingerprint density at radius 1 is 1.46 bits per heavy atom. The van der Waals surface area contributed by atoms with Gasteiger partial charge in [0.25, 0.3) is 0 Å². The van der Waals surface area contributed by atoms with Crippen molar-refractivity contribution in [3.63, 3.8) is 0 Å². The third-order valence-electron chi connectivity index (χ3n) is 3.78. The maximum Gasteiger partial charge on any atom is 0.0973 e. The lowest BCUT2D eigenvalue weighted by molar-refractivity contribution is -0.168. The van der Waals surface area contributed by atoms with E-state index in [-0.39, 0.29) is 5.60 Å². The number of hydrogen-bond donors (Lipinski definition) is 1. The molecule has 1 N–H and O–H groups in total. The molecule has 0 aromatic carbocycles. The Hall–Kier alpha value is -0.120. The maximum absolute atomic E-state index is 5.89. The van der Waals surface area contributed by atoms with Crippen molar-refractivity contribution in [1.29, 1.82) is 0 Å². The number of hydrogen-bond acceptors (Lipinski definition) is 3. The molecule has 3 atom stereocenters. The number of fused-ring (bicyclic) bond motifs is 1. The molecule has 0 unspecified atom stereocenters. The van der Waals surface area contributed by atoms with Gasteiger partial charge in [-0.15, -0.1) is 0 Å². The molecule has 3 nitrogen and oxygen atoms in total. The van der Waals surface area contributed by atoms with Crippen LogP contribution in [0.1, 0.15) is 13.8 Å². The maximum atomic E-state index is 5.89. The molecule has 2 heterocycles. The Bertz CT molecular complexity index is 197. The third kappa shape index (κ3) is 1.49. The van der Waals surface area contributed by atoms with E-state index in [4.69, 9.17) is 4.74 Å². The highest BCUT2D eigenvalue weighted by atomic mass is 16.5. The Morgan fingerprint density at radius 3 is 3.00 bits per heavy atom. The molecule has 2 fully saturated rings. The molecule has 0 aliphatic carbocycles. The van der Waals surface area contributed by atoms with Crippen LogP contribution >= 0.6 is 0 Å². The van der Waals surface area contributed by atoms with Gasteiger partial charge in [0.1, 0.15) is 0 Å². The average molecular weight is 184 g/mol. The Labute approximate surface area is 80.4 Å². The first-order chi connectivity index (χ1) is 6.13. The summed E-state index contributed by atoms with van der Waals surface area (Å²) in [7, 11) is 2.20. The van der Waals surface area contributed by atoms with Crippen LogP contribution in [0.3, 0.4) is 0 Å². The molecule has 2 rings (SSSR count). The summed E-state index contributed by atoms with van der Waals surface area (Å²) in [6.45, 7) is 8.72. The predicted molar refractivity (Wildman–Crippen MR) is 52.5 cm³/mol. The van der Waals surface area contributed by atoms with E-state index in [0.29, 0.717) is 11.8 Å². The second-order valence-electron chi connectivity index (χ2n) is 4.75. The van der Waals surface area contributed by atoms with Gasteiger partial charge in [-0.05, 0) is 19.9 Å². The van der Waals surface area contributed by atoms with E-state index in [9.17, 15) is 0 Å². The zero-order chi connectivity index (χ0) is 9.47. The molecule has 3 heteroatoms. The van der Waals surface area contributed by atoms with Gasteiger partial charge in [-0.25, -0.2) is 0 Å². The van der Waals surface area contributed by atoms with E-state index in [1.807, 2.05) is 0 Å². The van der Waals surface area contributed by atoms with Crippen LogP contribution in [0, 0.1) is 11.8 Å². The van der Waals surface area contributed by atoms with Crippen molar-refractivity contribution in [2.75, 3.05) is 33.4 Å². The highest BCUT2D eigenvalue weighted by molar-refractivity contribution is 4.97. The second kappa shape index (κ2) is 3.23. The monoisotopic (exact) mass is 184 g/mol. The molecule has 0 spiro atoms. The summed E-state index contributed by atoms with van der Waals surface area (Å²) in [5.41, 5.74) is 0.109. The van der Waals surface area contributed by atoms with Crippen LogP contribution in [-0.2, 0) is 4.74 Å². The Balaban J connectivity index is 2.15. The lowest BCUT2D eigenvalue weighted by Crippen LogP contribution is -2.62. The first-order valence-corrected chi connectivity index (χ1v) is 5.16. The molecule has 76 valence electrons. The van der Waals surface area contributed by atoms with Crippen LogP contribution in [0.25, 0.3) is 0 Å². The molecule has 0 bridgehead atoms. The standard InChI is InChI=1S/C10H20N2O/c1-8-5-12(3)6-9-4-11-7-13-10(8,9)2/h8-9,11H,4-7H2,1-3H3/t8-,9+,10-/m1/s1. The van der Waals surface area contributed by atoms with E-state index < -0.39 is 0 Å². The normalized spacial score (nSPS) is 47.3. The fraction of sp³-hybridized carbons (Fsp3) is 1.00. The van der Waals surface area contributed by atoms with Gasteiger partial charge >= 0.3 is 0 Å². The molecule has 2 aliphatic heterocycles. The number of likely N-dealkylation sites (tertiary alicyclic amines) is 1. The van der Waals surface area contributed by atoms with Crippen molar-refractivity contribution < 1.29 is 4.74 Å². The van der Waals surface area contributed by atoms with Gasteiger partial charge in [-0.3, -0.25) is 5.32 Å². The van der Waals surface area contributed by atoms with Crippen molar-refractivity contribution in [2.45, 2.75) is 19.4 Å². The molecule has 0 aromatic heterocycles. The molecular formula is C10H20N2O. The fourth-order valence-corrected chi connectivity index (χ4v) is 2.65. The predicted octanol–water partition coefficient (Wildman–Crippen LogP) is 0.520. The van der Waals surface area contributed by atoms with Crippen LogP contribution in [0.2, 0.25) is 0 Å². The summed E-state index contributed by atoms with van der Waals surface area (Å²) in [4.78, 5) is 2.41. The largest absolute Gasteiger partial charge is 0.359 e. The van der Waals surface area contributed by atoms with Gasteiger partial charge in [0.2, 0.25) is 0 Å². The van der Waals surface area contributed by atoms with Crippen LogP contribution < -0.4 is 5.32 Å². The molecule has 0 amide bonds. The number of nitrogens with zero attached hydrogens (tertiary/aromatic N) is 1. The summed E-state index contributed by atoms with van der Waals surface area (Å²) in [6.07, 6.45) is 0. The number of rotatable bonds is 0. The van der Waals surface area contributed by atoms with Gasteiger partial charge in [-0.2, -0.15) is 0 Å². The van der Waals surface area contributed by atoms with Crippen molar-refractivity contribution in [1.82, 2.24) is 10.2 Å². The highest BCUT2D eigenvalue weighted by Crippen LogP contribution is 2.36. The van der Waals surface area contributed by atoms with Gasteiger partial charge < -0.3 is 9.64 Å². The van der Waals surface area contributed by atoms with Crippen molar-refractivity contribution in [3.8, 4) is 0 Å². The number of nitrogens with one attached hydrogen (secondary N) is 1. The molecule has 0 aromatic rings. The summed E-state index contributed by atoms with van der Waals surface area (Å²) in [6, 6.07) is 0. The molecule has 0 radical (unpaired) electrons. The SMILES string of the molecule is C[C@@H]1CN(C)C[C@@H]2CNCO[C@@]21C. The minimum Gasteiger partial charge on any atom is -0.359 e. The first kappa shape index (κ1) is 9.44. The van der Waals surface area contributed by atoms with Gasteiger partial charge in [-0.1, -0.05) is 6.92 Å². The molecule has 2 saturated heterocycles. The summed E-state index contributed by atoms with van der Waals surface area (Å²) in [5, 5.41) is 3.30. The van der Waals surface area contributed by atoms with Crippen LogP contribution in [0.5, 0.6) is 0 Å². The molecule has 13 heavy (non-hydrogen) atoms. The Morgan fingerprint density at radius 2 is 2.23 bits per heavy atom. The van der Waals surface area contributed by atoms with E-state index in [1.54, 1.807) is 0 Å². The second-order valence-corrected chi connectivity index (χ2v) is 4.75. The smallest absolute Gasteiger partial charge is 0.0973 e. The zero-order valence-electron chi connectivity index (χ0n) is 8.84. The summed E-state index contributed by atoms with van der Waals surface area (Å²) in [5.74, 6) is 1.29. The van der Waals surface area contributed by atoms with Crippen molar-refractivity contribution >= 4 is 0 Å². The number of piperidine rings is 1. The van der Waals surface area contributed by atoms with E-state index in [1.165, 1.54) is 0 Å². The lowest BCUT2D eigenvalue weighted by Gasteiger charge is -2.51. The quantitative estimate of drug-likeness (QED) is 0.594. The third-order valence-corrected chi connectivity index (χ3v) is 3.78. The van der Waals surface area contributed by atoms with Crippen molar-refractivity contribution in [2.24, 2.45) is 11.8 Å². The molecule has 2 aliphatic rings. The van der Waals surface area contributed by atoms with Gasteiger partial charge in [0, 0.05) is 25.6 Å². The van der Waals surface area contributed by atoms with Crippen molar-refractivity contribution in [3.05, 3.63) is 0 Å². The van der Waals surface area contributed by atoms with E-state index in [0.717, 1.165) is 26.4 Å². The summed E-state index contributed by atoms with van der Waals surface area (Å²) < 4.78 is 5.89. The fourth-order valence-electron chi connectivity index (χ4n) is 2.65. The molecule has 0 saturated carbocycles. The number of ether oxygens (including phenoxy) is 1. The minimum atomic E-state index is 0.109. The van der Waals surface area contributed by atoms with E-state index >= 15 is 0 Å². The van der Waals surface area contributed by atoms with Crippen LogP contribution in [0.4, 0.5) is 0 Å². The van der Waals surface area contributed by atoms with Gasteiger partial charge in [0.15, 0.2) is 0 Å². The lowest BCUT2D eigenvalue weighted by atomic mass is 9.75. The first-order valence-electron chi connectivity index (χ1n) is 5.16. The minimum absolute atomic E-state index is 0.109. The van der Waals surface area contributed by atoms with Crippen LogP contribution in [0.15, 0.2) is 0 Å². The van der Waals surface area contributed by atoms with Crippen LogP contribution in [-0.4, -0.2) is 43.9 Å². The highest BCUT2D eigenvalue weighted by Gasteiger charge is 2.45. The van der Waals surface area contributed by atoms with Gasteiger partial charge in [0.05, 0.1) is 12.3 Å². The zero-order valence-corrected chi connectivity index (χ0v) is 8.84.